The third-order valence-corrected chi connectivity index (χ3v) is 8.50. The second-order valence-corrected chi connectivity index (χ2v) is 11.8. The van der Waals surface area contributed by atoms with E-state index in [1.165, 1.54) is 12.5 Å². The monoisotopic (exact) mass is 596 g/mol. The van der Waals surface area contributed by atoms with Crippen LogP contribution in [0, 0.1) is 24.2 Å². The fourth-order valence-electron chi connectivity index (χ4n) is 5.47. The lowest BCUT2D eigenvalue weighted by Gasteiger charge is -2.32. The van der Waals surface area contributed by atoms with Gasteiger partial charge >= 0.3 is 0 Å². The van der Waals surface area contributed by atoms with E-state index in [2.05, 4.69) is 28.0 Å². The van der Waals surface area contributed by atoms with Crippen molar-refractivity contribution in [1.29, 1.82) is 0 Å². The van der Waals surface area contributed by atoms with Crippen LogP contribution in [0.4, 0.5) is 0 Å². The first kappa shape index (κ1) is 36.0. The van der Waals surface area contributed by atoms with Crippen LogP contribution in [0.25, 0.3) is 0 Å². The van der Waals surface area contributed by atoms with Crippen molar-refractivity contribution in [2.45, 2.75) is 89.0 Å². The van der Waals surface area contributed by atoms with Gasteiger partial charge in [0, 0.05) is 33.0 Å². The third-order valence-electron chi connectivity index (χ3n) is 8.50. The number of nitrogens with one attached hydrogen (secondary N) is 2. The van der Waals surface area contributed by atoms with Crippen molar-refractivity contribution in [3.05, 3.63) is 48.6 Å². The molecule has 5 atom stereocenters. The quantitative estimate of drug-likeness (QED) is 0.153. The molecule has 0 spiro atoms. The van der Waals surface area contributed by atoms with Crippen LogP contribution < -0.4 is 10.6 Å². The minimum absolute atomic E-state index is 0.0218. The average molecular weight is 597 g/mol. The molecule has 1 aromatic carbocycles. The van der Waals surface area contributed by atoms with E-state index in [1.54, 1.807) is 11.9 Å². The molecule has 0 saturated heterocycles. The highest BCUT2D eigenvalue weighted by Crippen LogP contribution is 2.28. The van der Waals surface area contributed by atoms with Crippen LogP contribution >= 0.6 is 0 Å². The largest absolute Gasteiger partial charge is 0.388 e. The summed E-state index contributed by atoms with van der Waals surface area (Å²) in [7, 11) is 3.71. The Bertz CT molecular complexity index is 1050. The van der Waals surface area contributed by atoms with Gasteiger partial charge < -0.3 is 30.6 Å². The molecule has 1 aliphatic carbocycles. The highest BCUT2D eigenvalue weighted by molar-refractivity contribution is 5.91. The maximum Gasteiger partial charge on any atom is 0.243 e. The van der Waals surface area contributed by atoms with Gasteiger partial charge in [-0.2, -0.15) is 0 Å². The molecule has 9 heteroatoms. The number of nitrogens with zero attached hydrogens (tertiary/aromatic N) is 2. The van der Waals surface area contributed by atoms with Crippen LogP contribution in [-0.4, -0.2) is 95.8 Å². The Morgan fingerprint density at radius 3 is 2.35 bits per heavy atom. The number of amides is 3. The molecule has 43 heavy (non-hydrogen) atoms. The van der Waals surface area contributed by atoms with E-state index in [0.29, 0.717) is 31.8 Å². The zero-order valence-corrected chi connectivity index (χ0v) is 26.2. The maximum atomic E-state index is 13.7. The third kappa shape index (κ3) is 12.5. The number of terminal acetylenes is 1. The summed E-state index contributed by atoms with van der Waals surface area (Å²) in [4.78, 5) is 44.0. The molecule has 4 N–H and O–H groups in total. The normalized spacial score (nSPS) is 17.1. The van der Waals surface area contributed by atoms with Crippen LogP contribution in [0.5, 0.6) is 0 Å². The molecule has 1 saturated carbocycles. The van der Waals surface area contributed by atoms with Crippen molar-refractivity contribution in [2.24, 2.45) is 11.8 Å². The molecule has 0 radical (unpaired) electrons. The Kier molecular flexibility index (Phi) is 16.0. The summed E-state index contributed by atoms with van der Waals surface area (Å²) < 4.78 is 0. The standard InChI is InChI=1S/C34H52N4O5/c1-6-15-28(34(43)36-29(32(41)30(39)7-2)23-26-18-13-10-14-19-26)35-33(42)27(22-25-16-11-9-12-17-25)24-31(40)38(5)21-20-37(4)8-3/h1,7,9,11-12,16-17,26-30,32,39,41H,2,8,10,13-15,18-24H2,3-5H3,(H,35,42)(H,36,43)/t27-,28+,29+,30+,32-/m1/s1. The minimum Gasteiger partial charge on any atom is -0.388 e. The molecule has 1 aromatic rings. The summed E-state index contributed by atoms with van der Waals surface area (Å²) in [5.74, 6) is 0.917. The van der Waals surface area contributed by atoms with Crippen molar-refractivity contribution < 1.29 is 24.6 Å². The number of likely N-dealkylation sites (N-methyl/N-ethyl adjacent to an activating group) is 2. The molecule has 9 nitrogen and oxygen atoms in total. The van der Waals surface area contributed by atoms with Gasteiger partial charge in [-0.3, -0.25) is 14.4 Å². The van der Waals surface area contributed by atoms with E-state index in [9.17, 15) is 24.6 Å². The van der Waals surface area contributed by atoms with Gasteiger partial charge in [-0.25, -0.2) is 0 Å². The predicted octanol–water partition coefficient (Wildman–Crippen LogP) is 2.52. The molecule has 2 rings (SSSR count). The smallest absolute Gasteiger partial charge is 0.243 e. The molecule has 3 amide bonds. The Morgan fingerprint density at radius 2 is 1.74 bits per heavy atom. The van der Waals surface area contributed by atoms with Gasteiger partial charge in [-0.1, -0.05) is 75.4 Å². The number of aliphatic hydroxyl groups is 2. The van der Waals surface area contributed by atoms with E-state index in [4.69, 9.17) is 6.42 Å². The molecule has 0 unspecified atom stereocenters. The van der Waals surface area contributed by atoms with Gasteiger partial charge in [-0.05, 0) is 37.9 Å². The Hall–Kier alpha value is -3.19. The van der Waals surface area contributed by atoms with E-state index in [0.717, 1.165) is 37.8 Å². The zero-order valence-electron chi connectivity index (χ0n) is 26.2. The van der Waals surface area contributed by atoms with Crippen LogP contribution in [0.1, 0.15) is 63.9 Å². The second kappa shape index (κ2) is 19.2. The van der Waals surface area contributed by atoms with Gasteiger partial charge in [0.25, 0.3) is 0 Å². The van der Waals surface area contributed by atoms with Gasteiger partial charge in [0.15, 0.2) is 0 Å². The number of carbonyl (C=O) groups is 3. The Morgan fingerprint density at radius 1 is 1.07 bits per heavy atom. The molecule has 0 aromatic heterocycles. The number of benzene rings is 1. The summed E-state index contributed by atoms with van der Waals surface area (Å²) in [6, 6.07) is 7.64. The summed E-state index contributed by atoms with van der Waals surface area (Å²) in [5, 5.41) is 26.8. The first-order chi connectivity index (χ1) is 20.6. The van der Waals surface area contributed by atoms with Crippen LogP contribution in [0.3, 0.4) is 0 Å². The number of hydrogen-bond acceptors (Lipinski definition) is 6. The SMILES string of the molecule is C#CC[C@H](NC(=O)[C@@H](CC(=O)N(C)CCN(C)CC)Cc1ccccc1)C(=O)N[C@@H](CC1CCCCC1)[C@@H](O)[C@@H](O)C=C. The number of carbonyl (C=O) groups excluding carboxylic acids is 3. The highest BCUT2D eigenvalue weighted by Gasteiger charge is 2.33. The second-order valence-electron chi connectivity index (χ2n) is 11.8. The van der Waals surface area contributed by atoms with Crippen molar-refractivity contribution in [1.82, 2.24) is 20.4 Å². The number of aliphatic hydroxyl groups excluding tert-OH is 2. The van der Waals surface area contributed by atoms with Crippen molar-refractivity contribution in [3.8, 4) is 12.3 Å². The number of hydrogen-bond donors (Lipinski definition) is 4. The maximum absolute atomic E-state index is 13.7. The van der Waals surface area contributed by atoms with Crippen molar-refractivity contribution >= 4 is 17.7 Å². The van der Waals surface area contributed by atoms with E-state index < -0.39 is 42.0 Å². The highest BCUT2D eigenvalue weighted by atomic mass is 16.3. The molecule has 1 fully saturated rings. The van der Waals surface area contributed by atoms with Crippen LogP contribution in [0.15, 0.2) is 43.0 Å². The van der Waals surface area contributed by atoms with E-state index in [-0.39, 0.29) is 18.7 Å². The van der Waals surface area contributed by atoms with Gasteiger partial charge in [0.2, 0.25) is 17.7 Å². The van der Waals surface area contributed by atoms with Crippen molar-refractivity contribution in [2.75, 3.05) is 33.7 Å². The summed E-state index contributed by atoms with van der Waals surface area (Å²) in [5.41, 5.74) is 0.899. The molecule has 1 aliphatic rings. The summed E-state index contributed by atoms with van der Waals surface area (Å²) in [6.07, 6.45) is 10.4. The predicted molar refractivity (Wildman–Crippen MR) is 170 cm³/mol. The summed E-state index contributed by atoms with van der Waals surface area (Å²) >= 11 is 0. The van der Waals surface area contributed by atoms with Crippen LogP contribution in [0.2, 0.25) is 0 Å². The lowest BCUT2D eigenvalue weighted by molar-refractivity contribution is -0.136. The van der Waals surface area contributed by atoms with E-state index >= 15 is 0 Å². The first-order valence-electron chi connectivity index (χ1n) is 15.6. The summed E-state index contributed by atoms with van der Waals surface area (Å²) in [6.45, 7) is 7.73. The average Bonchev–Trinajstić information content (AvgIpc) is 3.02. The molecule has 0 bridgehead atoms. The molecular formula is C34H52N4O5. The molecule has 0 aliphatic heterocycles. The minimum atomic E-state index is -1.25. The van der Waals surface area contributed by atoms with Gasteiger partial charge in [-0.15, -0.1) is 18.9 Å². The Labute approximate surface area is 258 Å². The lowest BCUT2D eigenvalue weighted by Crippen LogP contribution is -2.55. The van der Waals surface area contributed by atoms with E-state index in [1.807, 2.05) is 44.3 Å². The van der Waals surface area contributed by atoms with Gasteiger partial charge in [0.05, 0.1) is 18.1 Å². The fraction of sp³-hybridized carbons (Fsp3) is 0.618. The first-order valence-corrected chi connectivity index (χ1v) is 15.6. The van der Waals surface area contributed by atoms with Gasteiger partial charge in [0.1, 0.15) is 12.1 Å². The molecular weight excluding hydrogens is 544 g/mol. The van der Waals surface area contributed by atoms with Crippen LogP contribution in [-0.2, 0) is 20.8 Å². The zero-order chi connectivity index (χ0) is 31.8. The Balaban J connectivity index is 2.19. The lowest BCUT2D eigenvalue weighted by atomic mass is 9.83. The topological polar surface area (TPSA) is 122 Å². The molecule has 0 heterocycles. The van der Waals surface area contributed by atoms with Crippen molar-refractivity contribution in [3.63, 3.8) is 0 Å². The molecule has 238 valence electrons. The fourth-order valence-corrected chi connectivity index (χ4v) is 5.47. The number of rotatable bonds is 18.